The number of hydrogen-bond donors (Lipinski definition) is 1. The van der Waals surface area contributed by atoms with Crippen molar-refractivity contribution in [3.05, 3.63) is 16.7 Å². The number of imidazole rings is 1. The van der Waals surface area contributed by atoms with E-state index in [2.05, 4.69) is 30.3 Å². The van der Waals surface area contributed by atoms with Gasteiger partial charge < -0.3 is 14.3 Å². The van der Waals surface area contributed by atoms with E-state index in [0.29, 0.717) is 5.92 Å². The van der Waals surface area contributed by atoms with Crippen LogP contribution in [0.2, 0.25) is 0 Å². The van der Waals surface area contributed by atoms with Gasteiger partial charge in [-0.25, -0.2) is 0 Å². The molecule has 0 saturated carbocycles. The number of ether oxygens (including phenoxy) is 1. The summed E-state index contributed by atoms with van der Waals surface area (Å²) in [4.78, 5) is 3.14. The summed E-state index contributed by atoms with van der Waals surface area (Å²) in [5, 5.41) is 0. The van der Waals surface area contributed by atoms with Crippen LogP contribution in [0.1, 0.15) is 38.8 Å². The second-order valence-corrected chi connectivity index (χ2v) is 5.20. The molecule has 1 aliphatic rings. The Balaban J connectivity index is 2.50. The van der Waals surface area contributed by atoms with E-state index >= 15 is 0 Å². The lowest BCUT2D eigenvalue weighted by molar-refractivity contribution is 0.159. The largest absolute Gasteiger partial charge is 0.379 e. The van der Waals surface area contributed by atoms with Gasteiger partial charge in [-0.05, 0) is 31.5 Å². The maximum atomic E-state index is 5.49. The topological polar surface area (TPSA) is 29.9 Å². The Morgan fingerprint density at radius 2 is 2.33 bits per heavy atom. The van der Waals surface area contributed by atoms with Gasteiger partial charge in [-0.3, -0.25) is 0 Å². The molecule has 1 aliphatic heterocycles. The fraction of sp³-hybridized carbons (Fsp3) is 0.727. The van der Waals surface area contributed by atoms with E-state index in [4.69, 9.17) is 17.0 Å². The zero-order valence-corrected chi connectivity index (χ0v) is 10.4. The first-order valence-electron chi connectivity index (χ1n) is 5.43. The maximum absolute atomic E-state index is 5.49. The Bertz CT molecular complexity index is 399. The Kier molecular flexibility index (Phi) is 2.73. The van der Waals surface area contributed by atoms with Gasteiger partial charge in [0.05, 0.1) is 12.1 Å². The zero-order valence-electron chi connectivity index (χ0n) is 9.54. The van der Waals surface area contributed by atoms with Gasteiger partial charge in [0.25, 0.3) is 0 Å². The highest BCUT2D eigenvalue weighted by Gasteiger charge is 2.34. The van der Waals surface area contributed by atoms with Crippen molar-refractivity contribution < 1.29 is 4.74 Å². The predicted molar refractivity (Wildman–Crippen MR) is 62.8 cm³/mol. The summed E-state index contributed by atoms with van der Waals surface area (Å²) in [6.07, 6.45) is 3.06. The van der Waals surface area contributed by atoms with Gasteiger partial charge in [0.1, 0.15) is 0 Å². The zero-order chi connectivity index (χ0) is 11.1. The lowest BCUT2D eigenvalue weighted by Crippen LogP contribution is -2.32. The molecule has 0 bridgehead atoms. The Morgan fingerprint density at radius 1 is 1.60 bits per heavy atom. The van der Waals surface area contributed by atoms with Crippen LogP contribution in [0, 0.1) is 4.77 Å². The monoisotopic (exact) mass is 226 g/mol. The highest BCUT2D eigenvalue weighted by atomic mass is 32.1. The van der Waals surface area contributed by atoms with Crippen LogP contribution in [0.4, 0.5) is 0 Å². The minimum Gasteiger partial charge on any atom is -0.379 e. The number of aromatic nitrogens is 2. The summed E-state index contributed by atoms with van der Waals surface area (Å²) in [6, 6.07) is 0. The van der Waals surface area contributed by atoms with Gasteiger partial charge >= 0.3 is 0 Å². The van der Waals surface area contributed by atoms with Gasteiger partial charge in [-0.2, -0.15) is 0 Å². The van der Waals surface area contributed by atoms with Gasteiger partial charge in [0.2, 0.25) is 0 Å². The number of nitrogens with zero attached hydrogens (tertiary/aromatic N) is 1. The first-order valence-corrected chi connectivity index (χ1v) is 5.84. The van der Waals surface area contributed by atoms with E-state index in [1.54, 1.807) is 0 Å². The van der Waals surface area contributed by atoms with Crippen molar-refractivity contribution in [3.8, 4) is 0 Å². The number of nitrogens with one attached hydrogen (secondary N) is 1. The van der Waals surface area contributed by atoms with E-state index in [9.17, 15) is 0 Å². The summed E-state index contributed by atoms with van der Waals surface area (Å²) < 4.78 is 8.54. The molecule has 1 aromatic heterocycles. The fourth-order valence-electron chi connectivity index (χ4n) is 2.20. The minimum atomic E-state index is 0.0384. The number of rotatable bonds is 2. The van der Waals surface area contributed by atoms with Gasteiger partial charge in [-0.15, -0.1) is 0 Å². The van der Waals surface area contributed by atoms with Crippen LogP contribution in [-0.2, 0) is 10.3 Å². The third kappa shape index (κ3) is 1.76. The molecule has 1 unspecified atom stereocenters. The maximum Gasteiger partial charge on any atom is 0.177 e. The molecule has 1 fully saturated rings. The molecule has 2 heterocycles. The first-order chi connectivity index (χ1) is 7.04. The second-order valence-electron chi connectivity index (χ2n) is 4.81. The van der Waals surface area contributed by atoms with Crippen molar-refractivity contribution in [2.45, 2.75) is 38.6 Å². The van der Waals surface area contributed by atoms with Crippen molar-refractivity contribution in [2.75, 3.05) is 13.2 Å². The average molecular weight is 226 g/mol. The van der Waals surface area contributed by atoms with Crippen LogP contribution in [0.3, 0.4) is 0 Å². The first kappa shape index (κ1) is 10.9. The quantitative estimate of drug-likeness (QED) is 0.786. The predicted octanol–water partition coefficient (Wildman–Crippen LogP) is 2.80. The second kappa shape index (κ2) is 3.76. The van der Waals surface area contributed by atoms with E-state index in [0.717, 1.165) is 24.4 Å². The van der Waals surface area contributed by atoms with E-state index < -0.39 is 0 Å². The molecule has 15 heavy (non-hydrogen) atoms. The fourth-order valence-corrected chi connectivity index (χ4v) is 2.58. The van der Waals surface area contributed by atoms with Crippen LogP contribution < -0.4 is 0 Å². The van der Waals surface area contributed by atoms with Crippen LogP contribution >= 0.6 is 12.2 Å². The smallest absolute Gasteiger partial charge is 0.177 e. The van der Waals surface area contributed by atoms with Crippen LogP contribution in [0.15, 0.2) is 6.20 Å². The lowest BCUT2D eigenvalue weighted by Gasteiger charge is -2.27. The Hall–Kier alpha value is -0.610. The van der Waals surface area contributed by atoms with Crippen molar-refractivity contribution in [1.29, 1.82) is 0 Å². The molecule has 1 aromatic rings. The summed E-state index contributed by atoms with van der Waals surface area (Å²) in [5.74, 6) is 0.482. The van der Waals surface area contributed by atoms with Crippen molar-refractivity contribution in [1.82, 2.24) is 9.55 Å². The summed E-state index contributed by atoms with van der Waals surface area (Å²) in [7, 11) is 0. The highest BCUT2D eigenvalue weighted by molar-refractivity contribution is 7.71. The molecule has 4 heteroatoms. The van der Waals surface area contributed by atoms with Gasteiger partial charge in [-0.1, -0.05) is 13.8 Å². The SMILES string of the molecule is CC(C)c1c[nH]c(=S)n1C1(C)CCOC1. The van der Waals surface area contributed by atoms with Crippen LogP contribution in [-0.4, -0.2) is 22.8 Å². The average Bonchev–Trinajstić information content (AvgIpc) is 2.72. The molecule has 3 nitrogen and oxygen atoms in total. The summed E-state index contributed by atoms with van der Waals surface area (Å²) in [6.45, 7) is 8.19. The molecular formula is C11H18N2OS. The molecule has 0 radical (unpaired) electrons. The third-order valence-corrected chi connectivity index (χ3v) is 3.43. The Labute approximate surface area is 95.5 Å². The molecule has 84 valence electrons. The summed E-state index contributed by atoms with van der Waals surface area (Å²) >= 11 is 5.35. The molecule has 1 N–H and O–H groups in total. The third-order valence-electron chi connectivity index (χ3n) is 3.13. The molecule has 1 atom stereocenters. The van der Waals surface area contributed by atoms with E-state index in [1.807, 2.05) is 6.20 Å². The minimum absolute atomic E-state index is 0.0384. The highest BCUT2D eigenvalue weighted by Crippen LogP contribution is 2.31. The van der Waals surface area contributed by atoms with Crippen molar-refractivity contribution >= 4 is 12.2 Å². The van der Waals surface area contributed by atoms with Crippen molar-refractivity contribution in [3.63, 3.8) is 0 Å². The van der Waals surface area contributed by atoms with Gasteiger partial charge in [0, 0.05) is 18.5 Å². The van der Waals surface area contributed by atoms with E-state index in [1.165, 1.54) is 5.69 Å². The molecule has 0 aromatic carbocycles. The van der Waals surface area contributed by atoms with Crippen molar-refractivity contribution in [2.24, 2.45) is 0 Å². The molecular weight excluding hydrogens is 208 g/mol. The normalized spacial score (nSPS) is 26.4. The lowest BCUT2D eigenvalue weighted by atomic mass is 9.99. The molecule has 1 saturated heterocycles. The standard InChI is InChI=1S/C11H18N2OS/c1-8(2)9-6-12-10(15)13(9)11(3)4-5-14-7-11/h6,8H,4-5,7H2,1-3H3,(H,12,15). The summed E-state index contributed by atoms with van der Waals surface area (Å²) in [5.41, 5.74) is 1.31. The van der Waals surface area contributed by atoms with Crippen LogP contribution in [0.5, 0.6) is 0 Å². The molecule has 0 aliphatic carbocycles. The molecule has 2 rings (SSSR count). The van der Waals surface area contributed by atoms with Gasteiger partial charge in [0.15, 0.2) is 4.77 Å². The number of H-pyrrole nitrogens is 1. The van der Waals surface area contributed by atoms with E-state index in [-0.39, 0.29) is 5.54 Å². The number of hydrogen-bond acceptors (Lipinski definition) is 2. The Morgan fingerprint density at radius 3 is 2.87 bits per heavy atom. The number of aromatic amines is 1. The molecule has 0 amide bonds. The molecule has 0 spiro atoms. The van der Waals surface area contributed by atoms with Crippen LogP contribution in [0.25, 0.3) is 0 Å².